The van der Waals surface area contributed by atoms with Crippen molar-refractivity contribution in [2.45, 2.75) is 96.0 Å². The van der Waals surface area contributed by atoms with Gasteiger partial charge in [-0.2, -0.15) is 8.42 Å². The minimum Gasteiger partial charge on any atom is -0.260 e. The summed E-state index contributed by atoms with van der Waals surface area (Å²) in [7, 11) is -3.72. The summed E-state index contributed by atoms with van der Waals surface area (Å²) in [4.78, 5) is 0.340. The van der Waals surface area contributed by atoms with Crippen LogP contribution >= 0.6 is 0 Å². The molecule has 0 heterocycles. The van der Waals surface area contributed by atoms with Crippen molar-refractivity contribution >= 4 is 10.1 Å². The smallest absolute Gasteiger partial charge is 0.260 e. The van der Waals surface area contributed by atoms with E-state index in [1.165, 1.54) is 25.7 Å². The van der Waals surface area contributed by atoms with Crippen LogP contribution in [0.5, 0.6) is 0 Å². The van der Waals surface area contributed by atoms with Crippen LogP contribution in [-0.4, -0.2) is 14.0 Å². The molecule has 0 saturated carbocycles. The molecule has 0 aliphatic rings. The van der Waals surface area contributed by atoms with Gasteiger partial charge in [0.15, 0.2) is 0 Å². The highest BCUT2D eigenvalue weighted by molar-refractivity contribution is 7.86. The molecule has 0 amide bonds. The Bertz CT molecular complexity index is 574. The Morgan fingerprint density at radius 3 is 2.12 bits per heavy atom. The van der Waals surface area contributed by atoms with Gasteiger partial charge >= 0.3 is 0 Å². The Kier molecular flexibility index (Phi) is 8.99. The molecular weight excluding hydrogens is 320 g/mol. The van der Waals surface area contributed by atoms with Gasteiger partial charge in [0.2, 0.25) is 0 Å². The Labute approximate surface area is 148 Å². The van der Waals surface area contributed by atoms with Crippen LogP contribution in [0.2, 0.25) is 0 Å². The van der Waals surface area contributed by atoms with E-state index < -0.39 is 15.7 Å². The van der Waals surface area contributed by atoms with Crippen LogP contribution in [0, 0.1) is 0 Å². The molecule has 0 bridgehead atoms. The summed E-state index contributed by atoms with van der Waals surface area (Å²) in [6.45, 7) is 7.99. The minimum absolute atomic E-state index is 0.340. The first-order chi connectivity index (χ1) is 11.4. The lowest BCUT2D eigenvalue weighted by Crippen LogP contribution is -2.30. The van der Waals surface area contributed by atoms with Crippen LogP contribution in [0.1, 0.15) is 84.6 Å². The molecule has 4 heteroatoms. The highest BCUT2D eigenvalue weighted by atomic mass is 32.2. The van der Waals surface area contributed by atoms with Gasteiger partial charge in [0.1, 0.15) is 0 Å². The van der Waals surface area contributed by atoms with Gasteiger partial charge in [0, 0.05) is 0 Å². The molecule has 0 atom stereocenters. The zero-order valence-corrected chi connectivity index (χ0v) is 16.6. The van der Waals surface area contributed by atoms with Crippen molar-refractivity contribution in [1.82, 2.24) is 0 Å². The number of aryl methyl sites for hydroxylation is 1. The molecule has 0 spiro atoms. The normalized spacial score (nSPS) is 12.5. The summed E-state index contributed by atoms with van der Waals surface area (Å²) in [5.74, 6) is 0. The Hall–Kier alpha value is -0.870. The third-order valence-corrected chi connectivity index (χ3v) is 6.41. The van der Waals surface area contributed by atoms with Crippen molar-refractivity contribution in [3.8, 4) is 0 Å². The average molecular weight is 355 g/mol. The van der Waals surface area contributed by atoms with Gasteiger partial charge < -0.3 is 0 Å². The highest BCUT2D eigenvalue weighted by Crippen LogP contribution is 2.28. The lowest BCUT2D eigenvalue weighted by Gasteiger charge is -2.26. The first kappa shape index (κ1) is 21.2. The van der Waals surface area contributed by atoms with Crippen molar-refractivity contribution in [2.75, 3.05) is 0 Å². The lowest BCUT2D eigenvalue weighted by atomic mass is 10.0. The van der Waals surface area contributed by atoms with E-state index >= 15 is 0 Å². The molecular formula is C20H34O3S. The Balaban J connectivity index is 2.78. The first-order valence-corrected chi connectivity index (χ1v) is 10.8. The standard InChI is InChI=1S/C20H34O3S/c1-5-8-9-10-11-12-15-18-16-13-14-17-19(18)24(21,22)23-20(4,6-2)7-3/h13-14,16-17H,5-12,15H2,1-4H3. The van der Waals surface area contributed by atoms with Crippen molar-refractivity contribution in [3.63, 3.8) is 0 Å². The fourth-order valence-electron chi connectivity index (χ4n) is 2.73. The summed E-state index contributed by atoms with van der Waals surface area (Å²) >= 11 is 0. The van der Waals surface area contributed by atoms with Crippen LogP contribution in [0.25, 0.3) is 0 Å². The van der Waals surface area contributed by atoms with Crippen molar-refractivity contribution in [2.24, 2.45) is 0 Å². The topological polar surface area (TPSA) is 43.4 Å². The number of hydrogen-bond acceptors (Lipinski definition) is 3. The molecule has 0 fully saturated rings. The molecule has 0 aromatic heterocycles. The zero-order chi connectivity index (χ0) is 18.1. The highest BCUT2D eigenvalue weighted by Gasteiger charge is 2.30. The average Bonchev–Trinajstić information content (AvgIpc) is 2.58. The summed E-state index contributed by atoms with van der Waals surface area (Å²) < 4.78 is 31.1. The van der Waals surface area contributed by atoms with Crippen LogP contribution in [0.15, 0.2) is 29.2 Å². The second-order valence-electron chi connectivity index (χ2n) is 6.82. The SMILES string of the molecule is CCCCCCCCc1ccccc1S(=O)(=O)OC(C)(CC)CC. The van der Waals surface area contributed by atoms with Crippen molar-refractivity contribution in [1.29, 1.82) is 0 Å². The number of unbranched alkanes of at least 4 members (excludes halogenated alkanes) is 5. The van der Waals surface area contributed by atoms with Gasteiger partial charge in [-0.15, -0.1) is 0 Å². The van der Waals surface area contributed by atoms with E-state index in [0.717, 1.165) is 24.8 Å². The predicted molar refractivity (Wildman–Crippen MR) is 101 cm³/mol. The van der Waals surface area contributed by atoms with Crippen LogP contribution in [0.4, 0.5) is 0 Å². The first-order valence-electron chi connectivity index (χ1n) is 9.42. The molecule has 0 saturated heterocycles. The van der Waals surface area contributed by atoms with Gasteiger partial charge in [-0.05, 0) is 44.2 Å². The maximum atomic E-state index is 12.7. The van der Waals surface area contributed by atoms with E-state index in [2.05, 4.69) is 6.92 Å². The van der Waals surface area contributed by atoms with E-state index in [1.807, 2.05) is 32.9 Å². The Morgan fingerprint density at radius 1 is 0.917 bits per heavy atom. The van der Waals surface area contributed by atoms with E-state index in [9.17, 15) is 8.42 Å². The number of rotatable bonds is 12. The lowest BCUT2D eigenvalue weighted by molar-refractivity contribution is 0.0882. The number of benzene rings is 1. The monoisotopic (exact) mass is 354 g/mol. The van der Waals surface area contributed by atoms with E-state index in [0.29, 0.717) is 17.7 Å². The fraction of sp³-hybridized carbons (Fsp3) is 0.700. The molecule has 0 radical (unpaired) electrons. The molecule has 0 aliphatic heterocycles. The van der Waals surface area contributed by atoms with Gasteiger partial charge in [-0.3, -0.25) is 4.18 Å². The molecule has 1 aromatic rings. The molecule has 3 nitrogen and oxygen atoms in total. The second kappa shape index (κ2) is 10.2. The third-order valence-electron chi connectivity index (χ3n) is 4.85. The van der Waals surface area contributed by atoms with E-state index in [1.54, 1.807) is 12.1 Å². The molecule has 1 aromatic carbocycles. The molecule has 1 rings (SSSR count). The maximum Gasteiger partial charge on any atom is 0.297 e. The van der Waals surface area contributed by atoms with E-state index in [-0.39, 0.29) is 0 Å². The largest absolute Gasteiger partial charge is 0.297 e. The third kappa shape index (κ3) is 6.56. The van der Waals surface area contributed by atoms with Gasteiger partial charge in [0.05, 0.1) is 10.5 Å². The minimum atomic E-state index is -3.72. The van der Waals surface area contributed by atoms with Crippen molar-refractivity contribution < 1.29 is 12.6 Å². The molecule has 0 N–H and O–H groups in total. The van der Waals surface area contributed by atoms with Gasteiger partial charge in [-0.1, -0.05) is 71.1 Å². The summed E-state index contributed by atoms with van der Waals surface area (Å²) in [5, 5.41) is 0. The predicted octanol–water partition coefficient (Wildman–Crippen LogP) is 5.87. The fourth-order valence-corrected chi connectivity index (χ4v) is 4.32. The molecule has 138 valence electrons. The van der Waals surface area contributed by atoms with Gasteiger partial charge in [-0.25, -0.2) is 0 Å². The molecule has 0 aliphatic carbocycles. The Morgan fingerprint density at radius 2 is 1.50 bits per heavy atom. The van der Waals surface area contributed by atoms with Crippen LogP contribution < -0.4 is 0 Å². The summed E-state index contributed by atoms with van der Waals surface area (Å²) in [6, 6.07) is 7.27. The van der Waals surface area contributed by atoms with Crippen LogP contribution in [0.3, 0.4) is 0 Å². The summed E-state index contributed by atoms with van der Waals surface area (Å²) in [5.41, 5.74) is 0.245. The second-order valence-corrected chi connectivity index (χ2v) is 8.33. The maximum absolute atomic E-state index is 12.7. The molecule has 0 unspecified atom stereocenters. The van der Waals surface area contributed by atoms with Crippen molar-refractivity contribution in [3.05, 3.63) is 29.8 Å². The van der Waals surface area contributed by atoms with Crippen LogP contribution in [-0.2, 0) is 20.7 Å². The van der Waals surface area contributed by atoms with Gasteiger partial charge in [0.25, 0.3) is 10.1 Å². The zero-order valence-electron chi connectivity index (χ0n) is 15.8. The van der Waals surface area contributed by atoms with E-state index in [4.69, 9.17) is 4.18 Å². The number of hydrogen-bond donors (Lipinski definition) is 0. The summed E-state index contributed by atoms with van der Waals surface area (Å²) in [6.07, 6.45) is 9.32. The molecule has 24 heavy (non-hydrogen) atoms. The quantitative estimate of drug-likeness (QED) is 0.348.